The van der Waals surface area contributed by atoms with Gasteiger partial charge in [-0.2, -0.15) is 0 Å². The molecule has 7 heteroatoms. The van der Waals surface area contributed by atoms with Gasteiger partial charge in [-0.1, -0.05) is 6.92 Å². The quantitative estimate of drug-likeness (QED) is 0.868. The molecular formula is C13H23N3O2S2. The van der Waals surface area contributed by atoms with Crippen molar-refractivity contribution in [2.24, 2.45) is 0 Å². The minimum atomic E-state index is -3.02. The summed E-state index contributed by atoms with van der Waals surface area (Å²) < 4.78 is 25.6. The van der Waals surface area contributed by atoms with Gasteiger partial charge in [-0.25, -0.2) is 17.7 Å². The first kappa shape index (κ1) is 15.9. The molecule has 1 fully saturated rings. The van der Waals surface area contributed by atoms with Crippen LogP contribution in [0.15, 0.2) is 5.51 Å². The first-order chi connectivity index (χ1) is 9.53. The number of rotatable bonds is 6. The van der Waals surface area contributed by atoms with Gasteiger partial charge in [0.05, 0.1) is 17.0 Å². The van der Waals surface area contributed by atoms with E-state index in [0.29, 0.717) is 25.6 Å². The summed E-state index contributed by atoms with van der Waals surface area (Å²) in [5.41, 5.74) is 2.96. The van der Waals surface area contributed by atoms with Gasteiger partial charge >= 0.3 is 0 Å². The van der Waals surface area contributed by atoms with Gasteiger partial charge in [0.2, 0.25) is 10.0 Å². The van der Waals surface area contributed by atoms with Crippen molar-refractivity contribution in [1.29, 1.82) is 0 Å². The van der Waals surface area contributed by atoms with E-state index in [1.807, 2.05) is 19.4 Å². The molecule has 0 spiro atoms. The lowest BCUT2D eigenvalue weighted by Crippen LogP contribution is -2.45. The van der Waals surface area contributed by atoms with Gasteiger partial charge in [0.15, 0.2) is 0 Å². The van der Waals surface area contributed by atoms with Crippen LogP contribution < -0.4 is 5.32 Å². The van der Waals surface area contributed by atoms with E-state index >= 15 is 0 Å². The lowest BCUT2D eigenvalue weighted by atomic mass is 10.1. The number of hydrogen-bond donors (Lipinski definition) is 1. The van der Waals surface area contributed by atoms with Gasteiger partial charge < -0.3 is 5.32 Å². The minimum absolute atomic E-state index is 0.269. The van der Waals surface area contributed by atoms with Crippen LogP contribution in [0.4, 0.5) is 0 Å². The molecule has 1 aliphatic heterocycles. The molecule has 114 valence electrons. The Labute approximate surface area is 125 Å². The summed E-state index contributed by atoms with van der Waals surface area (Å²) in [7, 11) is -3.02. The molecule has 1 aromatic heterocycles. The van der Waals surface area contributed by atoms with E-state index in [0.717, 1.165) is 25.1 Å². The molecule has 1 aromatic rings. The SMILES string of the molecule is CCCS(=O)(=O)N1CCC(NCc2scnc2C)CC1. The molecule has 0 atom stereocenters. The van der Waals surface area contributed by atoms with Crippen molar-refractivity contribution in [3.05, 3.63) is 16.1 Å². The van der Waals surface area contributed by atoms with E-state index in [4.69, 9.17) is 0 Å². The van der Waals surface area contributed by atoms with Crippen molar-refractivity contribution in [3.63, 3.8) is 0 Å². The molecule has 2 heterocycles. The average Bonchev–Trinajstić information content (AvgIpc) is 2.82. The molecule has 0 aromatic carbocycles. The van der Waals surface area contributed by atoms with E-state index < -0.39 is 10.0 Å². The number of nitrogens with one attached hydrogen (secondary N) is 1. The van der Waals surface area contributed by atoms with Crippen LogP contribution in [0.5, 0.6) is 0 Å². The third-order valence-corrected chi connectivity index (χ3v) is 6.72. The standard InChI is InChI=1S/C13H23N3O2S2/c1-3-8-20(17,18)16-6-4-12(5-7-16)14-9-13-11(2)15-10-19-13/h10,12,14H,3-9H2,1-2H3. The fourth-order valence-corrected chi connectivity index (χ4v) is 4.73. The fourth-order valence-electron chi connectivity index (χ4n) is 2.46. The summed E-state index contributed by atoms with van der Waals surface area (Å²) in [6.07, 6.45) is 2.47. The van der Waals surface area contributed by atoms with Crippen LogP contribution in [-0.2, 0) is 16.6 Å². The zero-order valence-corrected chi connectivity index (χ0v) is 13.8. The molecule has 1 N–H and O–H groups in total. The van der Waals surface area contributed by atoms with Crippen molar-refractivity contribution in [2.45, 2.75) is 45.7 Å². The molecule has 0 bridgehead atoms. The van der Waals surface area contributed by atoms with Crippen molar-refractivity contribution < 1.29 is 8.42 Å². The summed E-state index contributed by atoms with van der Waals surface area (Å²) >= 11 is 1.67. The molecule has 0 unspecified atom stereocenters. The van der Waals surface area contributed by atoms with Crippen LogP contribution in [0.25, 0.3) is 0 Å². The third-order valence-electron chi connectivity index (χ3n) is 3.71. The van der Waals surface area contributed by atoms with Gasteiger partial charge in [-0.05, 0) is 26.2 Å². The molecule has 2 rings (SSSR count). The average molecular weight is 317 g/mol. The molecule has 0 amide bonds. The lowest BCUT2D eigenvalue weighted by Gasteiger charge is -2.31. The number of sulfonamides is 1. The van der Waals surface area contributed by atoms with E-state index in [9.17, 15) is 8.42 Å². The second-order valence-corrected chi connectivity index (χ2v) is 8.26. The van der Waals surface area contributed by atoms with Crippen molar-refractivity contribution in [2.75, 3.05) is 18.8 Å². The van der Waals surface area contributed by atoms with Crippen LogP contribution in [-0.4, -0.2) is 42.6 Å². The van der Waals surface area contributed by atoms with Gasteiger partial charge in [-0.3, -0.25) is 0 Å². The molecule has 0 aliphatic carbocycles. The van der Waals surface area contributed by atoms with Crippen molar-refractivity contribution in [3.8, 4) is 0 Å². The van der Waals surface area contributed by atoms with Crippen LogP contribution >= 0.6 is 11.3 Å². The summed E-state index contributed by atoms with van der Waals surface area (Å²) in [4.78, 5) is 5.51. The van der Waals surface area contributed by atoms with Gasteiger partial charge in [0, 0.05) is 30.6 Å². The summed E-state index contributed by atoms with van der Waals surface area (Å²) in [6.45, 7) is 6.04. The monoisotopic (exact) mass is 317 g/mol. The van der Waals surface area contributed by atoms with E-state index in [-0.39, 0.29) is 5.75 Å². The number of piperidine rings is 1. The highest BCUT2D eigenvalue weighted by atomic mass is 32.2. The van der Waals surface area contributed by atoms with Crippen molar-refractivity contribution >= 4 is 21.4 Å². The maximum absolute atomic E-state index is 12.0. The predicted octanol–water partition coefficient (Wildman–Crippen LogP) is 1.75. The highest BCUT2D eigenvalue weighted by molar-refractivity contribution is 7.89. The summed E-state index contributed by atoms with van der Waals surface area (Å²) in [5, 5.41) is 3.52. The van der Waals surface area contributed by atoms with Crippen LogP contribution in [0.2, 0.25) is 0 Å². The van der Waals surface area contributed by atoms with Gasteiger partial charge in [0.25, 0.3) is 0 Å². The Kier molecular flexibility index (Phi) is 5.54. The molecule has 1 saturated heterocycles. The number of hydrogen-bond acceptors (Lipinski definition) is 5. The second kappa shape index (κ2) is 6.98. The summed E-state index contributed by atoms with van der Waals surface area (Å²) in [6, 6.07) is 0.407. The second-order valence-electron chi connectivity index (χ2n) is 5.23. The summed E-state index contributed by atoms with van der Waals surface area (Å²) in [5.74, 6) is 0.269. The largest absolute Gasteiger partial charge is 0.309 e. The molecular weight excluding hydrogens is 294 g/mol. The Balaban J connectivity index is 1.79. The molecule has 5 nitrogen and oxygen atoms in total. The molecule has 0 saturated carbocycles. The van der Waals surface area contributed by atoms with Crippen LogP contribution in [0.3, 0.4) is 0 Å². The van der Waals surface area contributed by atoms with Crippen molar-refractivity contribution in [1.82, 2.24) is 14.6 Å². The first-order valence-electron chi connectivity index (χ1n) is 7.13. The highest BCUT2D eigenvalue weighted by Gasteiger charge is 2.27. The predicted molar refractivity (Wildman–Crippen MR) is 82.4 cm³/mol. The third kappa shape index (κ3) is 4.00. The Morgan fingerprint density at radius 3 is 2.70 bits per heavy atom. The zero-order chi connectivity index (χ0) is 14.6. The normalized spacial score (nSPS) is 18.5. The number of aromatic nitrogens is 1. The van der Waals surface area contributed by atoms with E-state index in [2.05, 4.69) is 10.3 Å². The molecule has 20 heavy (non-hydrogen) atoms. The minimum Gasteiger partial charge on any atom is -0.309 e. The van der Waals surface area contributed by atoms with E-state index in [1.54, 1.807) is 15.6 Å². The fraction of sp³-hybridized carbons (Fsp3) is 0.769. The Morgan fingerprint density at radius 2 is 2.15 bits per heavy atom. The number of aryl methyl sites for hydroxylation is 1. The maximum atomic E-state index is 12.0. The van der Waals surface area contributed by atoms with E-state index in [1.165, 1.54) is 4.88 Å². The van der Waals surface area contributed by atoms with Gasteiger partial charge in [-0.15, -0.1) is 11.3 Å². The number of thiazole rings is 1. The first-order valence-corrected chi connectivity index (χ1v) is 9.62. The topological polar surface area (TPSA) is 62.3 Å². The molecule has 1 aliphatic rings. The number of nitrogens with zero attached hydrogens (tertiary/aromatic N) is 2. The van der Waals surface area contributed by atoms with Gasteiger partial charge in [0.1, 0.15) is 0 Å². The van der Waals surface area contributed by atoms with Crippen LogP contribution in [0.1, 0.15) is 36.8 Å². The Hall–Kier alpha value is -0.500. The van der Waals surface area contributed by atoms with Crippen LogP contribution in [0, 0.1) is 6.92 Å². The highest BCUT2D eigenvalue weighted by Crippen LogP contribution is 2.17. The maximum Gasteiger partial charge on any atom is 0.214 e. The molecule has 0 radical (unpaired) electrons. The lowest BCUT2D eigenvalue weighted by molar-refractivity contribution is 0.289. The Morgan fingerprint density at radius 1 is 1.45 bits per heavy atom. The zero-order valence-electron chi connectivity index (χ0n) is 12.1. The smallest absolute Gasteiger partial charge is 0.214 e. The Bertz CT molecular complexity index is 519.